The number of aryl methyl sites for hydroxylation is 1. The first kappa shape index (κ1) is 13.0. The lowest BCUT2D eigenvalue weighted by Crippen LogP contribution is -2.35. The van der Waals surface area contributed by atoms with Crippen molar-refractivity contribution in [2.24, 2.45) is 0 Å². The maximum absolute atomic E-state index is 11.9. The summed E-state index contributed by atoms with van der Waals surface area (Å²) in [5, 5.41) is 17.6. The molecule has 0 unspecified atom stereocenters. The topological polar surface area (TPSA) is 86.8 Å². The zero-order valence-corrected chi connectivity index (χ0v) is 9.96. The van der Waals surface area contributed by atoms with Gasteiger partial charge in [-0.1, -0.05) is 0 Å². The summed E-state index contributed by atoms with van der Waals surface area (Å²) in [6, 6.07) is 1.63. The molecule has 0 atom stereocenters. The molecular formula is C10H16N2O3S. The highest BCUT2D eigenvalue weighted by atomic mass is 32.1. The van der Waals surface area contributed by atoms with Crippen LogP contribution in [0.15, 0.2) is 6.07 Å². The summed E-state index contributed by atoms with van der Waals surface area (Å²) in [6.07, 6.45) is 0. The number of thiophene rings is 1. The Morgan fingerprint density at radius 1 is 1.44 bits per heavy atom. The van der Waals surface area contributed by atoms with Crippen molar-refractivity contribution in [2.75, 3.05) is 32.0 Å². The van der Waals surface area contributed by atoms with Gasteiger partial charge < -0.3 is 20.8 Å². The molecular weight excluding hydrogens is 228 g/mol. The molecule has 6 heteroatoms. The summed E-state index contributed by atoms with van der Waals surface area (Å²) < 4.78 is 0. The second-order valence-corrected chi connectivity index (χ2v) is 4.62. The molecule has 1 rings (SSSR count). The van der Waals surface area contributed by atoms with Gasteiger partial charge in [0, 0.05) is 23.7 Å². The fourth-order valence-electron chi connectivity index (χ4n) is 1.31. The van der Waals surface area contributed by atoms with Crippen molar-refractivity contribution >= 4 is 22.9 Å². The van der Waals surface area contributed by atoms with Gasteiger partial charge in [-0.25, -0.2) is 0 Å². The number of nitrogens with zero attached hydrogens (tertiary/aromatic N) is 1. The number of amides is 1. The predicted molar refractivity (Wildman–Crippen MR) is 63.5 cm³/mol. The molecule has 4 N–H and O–H groups in total. The highest BCUT2D eigenvalue weighted by Crippen LogP contribution is 2.24. The van der Waals surface area contributed by atoms with E-state index in [1.54, 1.807) is 6.07 Å². The Balaban J connectivity index is 2.81. The quantitative estimate of drug-likeness (QED) is 0.684. The van der Waals surface area contributed by atoms with E-state index in [0.717, 1.165) is 4.88 Å². The Kier molecular flexibility index (Phi) is 4.72. The molecule has 1 heterocycles. The first-order valence-corrected chi connectivity index (χ1v) is 5.78. The van der Waals surface area contributed by atoms with Crippen molar-refractivity contribution in [1.82, 2.24) is 4.90 Å². The predicted octanol–water partition coefficient (Wildman–Crippen LogP) is 0.0655. The van der Waals surface area contributed by atoms with E-state index in [1.807, 2.05) is 6.92 Å². The third-order valence-electron chi connectivity index (χ3n) is 2.19. The second kappa shape index (κ2) is 5.83. The van der Waals surface area contributed by atoms with Crippen LogP contribution in [0.5, 0.6) is 0 Å². The average Bonchev–Trinajstić information content (AvgIpc) is 2.58. The molecule has 0 fully saturated rings. The summed E-state index contributed by atoms with van der Waals surface area (Å²) in [7, 11) is 0. The normalized spacial score (nSPS) is 10.4. The van der Waals surface area contributed by atoms with Gasteiger partial charge in [0.25, 0.3) is 5.91 Å². The van der Waals surface area contributed by atoms with Gasteiger partial charge in [-0.3, -0.25) is 4.79 Å². The molecule has 0 radical (unpaired) electrons. The number of aliphatic hydroxyl groups is 2. The number of rotatable bonds is 5. The monoisotopic (exact) mass is 244 g/mol. The van der Waals surface area contributed by atoms with Crippen LogP contribution in [0.3, 0.4) is 0 Å². The van der Waals surface area contributed by atoms with E-state index in [4.69, 9.17) is 15.9 Å². The minimum Gasteiger partial charge on any atom is -0.398 e. The van der Waals surface area contributed by atoms with Gasteiger partial charge in [-0.2, -0.15) is 0 Å². The fraction of sp³-hybridized carbons (Fsp3) is 0.500. The maximum Gasteiger partial charge on any atom is 0.264 e. The highest BCUT2D eigenvalue weighted by Gasteiger charge is 2.17. The number of nitrogens with two attached hydrogens (primary N) is 1. The number of nitrogen functional groups attached to an aromatic ring is 1. The molecule has 5 nitrogen and oxygen atoms in total. The summed E-state index contributed by atoms with van der Waals surface area (Å²) in [5.74, 6) is -0.201. The number of hydrogen-bond donors (Lipinski definition) is 3. The molecule has 0 aliphatic rings. The first-order chi connectivity index (χ1) is 7.60. The third kappa shape index (κ3) is 2.94. The van der Waals surface area contributed by atoms with Gasteiger partial charge >= 0.3 is 0 Å². The van der Waals surface area contributed by atoms with Gasteiger partial charge in [-0.05, 0) is 13.0 Å². The SMILES string of the molecule is Cc1sc(C(=O)N(CCO)CCO)cc1N. The number of hydrogen-bond acceptors (Lipinski definition) is 5. The van der Waals surface area contributed by atoms with Crippen LogP contribution in [0.2, 0.25) is 0 Å². The third-order valence-corrected chi connectivity index (χ3v) is 3.25. The van der Waals surface area contributed by atoms with Crippen LogP contribution in [0.25, 0.3) is 0 Å². The van der Waals surface area contributed by atoms with Gasteiger partial charge in [0.15, 0.2) is 0 Å². The molecule has 0 aromatic carbocycles. The fourth-order valence-corrected chi connectivity index (χ4v) is 2.22. The van der Waals surface area contributed by atoms with E-state index in [-0.39, 0.29) is 32.2 Å². The Labute approximate surface area is 98.1 Å². The Hall–Kier alpha value is -1.11. The lowest BCUT2D eigenvalue weighted by atomic mass is 10.3. The summed E-state index contributed by atoms with van der Waals surface area (Å²) in [6.45, 7) is 2.04. The van der Waals surface area contributed by atoms with Crippen molar-refractivity contribution in [3.63, 3.8) is 0 Å². The lowest BCUT2D eigenvalue weighted by Gasteiger charge is -2.19. The second-order valence-electron chi connectivity index (χ2n) is 3.36. The molecule has 0 aliphatic carbocycles. The van der Waals surface area contributed by atoms with Crippen molar-refractivity contribution in [3.8, 4) is 0 Å². The van der Waals surface area contributed by atoms with Crippen molar-refractivity contribution in [1.29, 1.82) is 0 Å². The van der Waals surface area contributed by atoms with Crippen molar-refractivity contribution in [2.45, 2.75) is 6.92 Å². The van der Waals surface area contributed by atoms with Crippen LogP contribution in [-0.2, 0) is 0 Å². The molecule has 0 bridgehead atoms. The van der Waals surface area contributed by atoms with E-state index >= 15 is 0 Å². The zero-order valence-electron chi connectivity index (χ0n) is 9.14. The van der Waals surface area contributed by atoms with E-state index in [1.165, 1.54) is 16.2 Å². The number of aliphatic hydroxyl groups excluding tert-OH is 2. The Morgan fingerprint density at radius 3 is 2.38 bits per heavy atom. The van der Waals surface area contributed by atoms with Crippen molar-refractivity contribution < 1.29 is 15.0 Å². The minimum atomic E-state index is -0.201. The Bertz CT molecular complexity index is 339. The Morgan fingerprint density at radius 2 is 2.00 bits per heavy atom. The van der Waals surface area contributed by atoms with E-state index < -0.39 is 0 Å². The summed E-state index contributed by atoms with van der Waals surface area (Å²) in [4.78, 5) is 14.8. The van der Waals surface area contributed by atoms with Gasteiger partial charge in [-0.15, -0.1) is 11.3 Å². The van der Waals surface area contributed by atoms with Crippen molar-refractivity contribution in [3.05, 3.63) is 15.8 Å². The molecule has 1 amide bonds. The first-order valence-electron chi connectivity index (χ1n) is 4.97. The average molecular weight is 244 g/mol. The molecule has 0 saturated heterocycles. The van der Waals surface area contributed by atoms with Gasteiger partial charge in [0.1, 0.15) is 0 Å². The van der Waals surface area contributed by atoms with Gasteiger partial charge in [0.05, 0.1) is 18.1 Å². The molecule has 0 saturated carbocycles. The van der Waals surface area contributed by atoms with Crippen LogP contribution in [-0.4, -0.2) is 47.3 Å². The number of anilines is 1. The smallest absolute Gasteiger partial charge is 0.264 e. The molecule has 0 spiro atoms. The lowest BCUT2D eigenvalue weighted by molar-refractivity contribution is 0.0689. The van der Waals surface area contributed by atoms with Crippen LogP contribution in [0.1, 0.15) is 14.5 Å². The highest BCUT2D eigenvalue weighted by molar-refractivity contribution is 7.14. The molecule has 1 aromatic heterocycles. The molecule has 1 aromatic rings. The van der Waals surface area contributed by atoms with Crippen LogP contribution in [0.4, 0.5) is 5.69 Å². The minimum absolute atomic E-state index is 0.119. The van der Waals surface area contributed by atoms with Crippen LogP contribution < -0.4 is 5.73 Å². The van der Waals surface area contributed by atoms with E-state index in [2.05, 4.69) is 0 Å². The largest absolute Gasteiger partial charge is 0.398 e. The summed E-state index contributed by atoms with van der Waals surface area (Å²) >= 11 is 1.32. The maximum atomic E-state index is 11.9. The number of carbonyl (C=O) groups excluding carboxylic acids is 1. The van der Waals surface area contributed by atoms with E-state index in [9.17, 15) is 4.79 Å². The van der Waals surface area contributed by atoms with E-state index in [0.29, 0.717) is 10.6 Å². The zero-order chi connectivity index (χ0) is 12.1. The standard InChI is InChI=1S/C10H16N2O3S/c1-7-8(11)6-9(16-7)10(15)12(2-4-13)3-5-14/h6,13-14H,2-5,11H2,1H3. The molecule has 0 aliphatic heterocycles. The summed E-state index contributed by atoms with van der Waals surface area (Å²) in [5.41, 5.74) is 6.27. The van der Waals surface area contributed by atoms with Crippen LogP contribution in [0, 0.1) is 6.92 Å². The molecule has 16 heavy (non-hydrogen) atoms. The van der Waals surface area contributed by atoms with Crippen LogP contribution >= 0.6 is 11.3 Å². The molecule has 90 valence electrons. The van der Waals surface area contributed by atoms with Gasteiger partial charge in [0.2, 0.25) is 0 Å². The number of carbonyl (C=O) groups is 1.